The average Bonchev–Trinajstić information content (AvgIpc) is 2.26. The summed E-state index contributed by atoms with van der Waals surface area (Å²) in [5, 5.41) is 0. The van der Waals surface area contributed by atoms with Crippen molar-refractivity contribution in [1.29, 1.82) is 0 Å². The van der Waals surface area contributed by atoms with E-state index in [1.165, 1.54) is 17.7 Å². The molecule has 1 rings (SSSR count). The number of carbonyl (C=O) groups excluding carboxylic acids is 1. The normalized spacial score (nSPS) is 21.8. The van der Waals surface area contributed by atoms with Crippen LogP contribution in [0.15, 0.2) is 0 Å². The highest BCUT2D eigenvalue weighted by atomic mass is 16.6. The Balaban J connectivity index is 2.30. The Morgan fingerprint density at radius 1 is 1.50 bits per heavy atom. The fraction of sp³-hybridized carbons (Fsp3) is 0.917. The van der Waals surface area contributed by atoms with Crippen LogP contribution in [0, 0.1) is 0 Å². The Bertz CT molecular complexity index is 219. The van der Waals surface area contributed by atoms with Crippen LogP contribution in [0.3, 0.4) is 0 Å². The number of carbonyl (C=O) groups is 1. The first-order valence-corrected chi connectivity index (χ1v) is 6.23. The molecule has 1 saturated heterocycles. The molecule has 0 N–H and O–H groups in total. The van der Waals surface area contributed by atoms with Crippen molar-refractivity contribution >= 4 is 6.09 Å². The Hall–Kier alpha value is -0.770. The molecule has 0 spiro atoms. The molecular formula is C12H24N2O2. The monoisotopic (exact) mass is 228 g/mol. The highest BCUT2D eigenvalue weighted by Gasteiger charge is 2.23. The van der Waals surface area contributed by atoms with Crippen LogP contribution in [-0.4, -0.2) is 55.7 Å². The van der Waals surface area contributed by atoms with Gasteiger partial charge in [0.1, 0.15) is 6.10 Å². The van der Waals surface area contributed by atoms with E-state index in [9.17, 15) is 4.79 Å². The number of likely N-dealkylation sites (tertiary alicyclic amines) is 1. The van der Waals surface area contributed by atoms with Crippen LogP contribution < -0.4 is 0 Å². The van der Waals surface area contributed by atoms with E-state index in [1.807, 2.05) is 0 Å². The summed E-state index contributed by atoms with van der Waals surface area (Å²) in [6.07, 6.45) is 4.45. The molecule has 16 heavy (non-hydrogen) atoms. The van der Waals surface area contributed by atoms with Crippen LogP contribution in [0.2, 0.25) is 0 Å². The standard InChI is InChI=1S/C12H24N2O2/c1-4-5-8-14-9-6-7-11(10-14)16-12(15)13(2)3/h11H,4-10H2,1-3H3/t11-/m1/s1. The zero-order chi connectivity index (χ0) is 12.0. The molecule has 1 fully saturated rings. The zero-order valence-corrected chi connectivity index (χ0v) is 10.7. The average molecular weight is 228 g/mol. The van der Waals surface area contributed by atoms with Crippen molar-refractivity contribution in [3.05, 3.63) is 0 Å². The maximum absolute atomic E-state index is 11.4. The van der Waals surface area contributed by atoms with Gasteiger partial charge in [0.05, 0.1) is 0 Å². The molecular weight excluding hydrogens is 204 g/mol. The number of hydrogen-bond donors (Lipinski definition) is 0. The van der Waals surface area contributed by atoms with E-state index in [4.69, 9.17) is 4.74 Å². The number of piperidine rings is 1. The van der Waals surface area contributed by atoms with Crippen LogP contribution in [0.4, 0.5) is 4.79 Å². The Labute approximate surface area is 98.5 Å². The second kappa shape index (κ2) is 6.74. The Morgan fingerprint density at radius 3 is 2.88 bits per heavy atom. The third-order valence-corrected chi connectivity index (χ3v) is 2.92. The molecule has 0 bridgehead atoms. The molecule has 0 saturated carbocycles. The van der Waals surface area contributed by atoms with Gasteiger partial charge in [-0.15, -0.1) is 0 Å². The summed E-state index contributed by atoms with van der Waals surface area (Å²) >= 11 is 0. The van der Waals surface area contributed by atoms with Crippen molar-refractivity contribution in [1.82, 2.24) is 9.80 Å². The van der Waals surface area contributed by atoms with Gasteiger partial charge in [0.25, 0.3) is 0 Å². The minimum Gasteiger partial charge on any atom is -0.445 e. The lowest BCUT2D eigenvalue weighted by atomic mass is 10.1. The fourth-order valence-corrected chi connectivity index (χ4v) is 1.94. The molecule has 0 aromatic rings. The van der Waals surface area contributed by atoms with Crippen LogP contribution in [0.25, 0.3) is 0 Å². The number of ether oxygens (including phenoxy) is 1. The lowest BCUT2D eigenvalue weighted by Gasteiger charge is -2.32. The summed E-state index contributed by atoms with van der Waals surface area (Å²) in [4.78, 5) is 15.3. The molecule has 0 aromatic heterocycles. The van der Waals surface area contributed by atoms with Gasteiger partial charge >= 0.3 is 6.09 Å². The molecule has 1 aliphatic heterocycles. The first kappa shape index (κ1) is 13.3. The van der Waals surface area contributed by atoms with E-state index in [0.29, 0.717) is 0 Å². The number of rotatable bonds is 4. The van der Waals surface area contributed by atoms with Crippen molar-refractivity contribution in [3.63, 3.8) is 0 Å². The van der Waals surface area contributed by atoms with Gasteiger partial charge in [-0.3, -0.25) is 4.90 Å². The second-order valence-electron chi connectivity index (χ2n) is 4.70. The van der Waals surface area contributed by atoms with Crippen LogP contribution in [-0.2, 0) is 4.74 Å². The van der Waals surface area contributed by atoms with Gasteiger partial charge in [-0.25, -0.2) is 4.79 Å². The molecule has 0 aromatic carbocycles. The number of nitrogens with zero attached hydrogens (tertiary/aromatic N) is 2. The number of hydrogen-bond acceptors (Lipinski definition) is 3. The molecule has 1 atom stereocenters. The Kier molecular flexibility index (Phi) is 5.60. The van der Waals surface area contributed by atoms with Crippen molar-refractivity contribution in [2.24, 2.45) is 0 Å². The smallest absolute Gasteiger partial charge is 0.409 e. The molecule has 1 amide bonds. The maximum atomic E-state index is 11.4. The summed E-state index contributed by atoms with van der Waals surface area (Å²) in [7, 11) is 3.44. The highest BCUT2D eigenvalue weighted by Crippen LogP contribution is 2.14. The molecule has 4 heteroatoms. The van der Waals surface area contributed by atoms with Crippen LogP contribution in [0.5, 0.6) is 0 Å². The molecule has 1 aliphatic rings. The minimum absolute atomic E-state index is 0.0838. The van der Waals surface area contributed by atoms with E-state index in [1.54, 1.807) is 14.1 Å². The van der Waals surface area contributed by atoms with E-state index >= 15 is 0 Å². The summed E-state index contributed by atoms with van der Waals surface area (Å²) in [5.41, 5.74) is 0. The van der Waals surface area contributed by atoms with E-state index < -0.39 is 0 Å². The molecule has 0 radical (unpaired) electrons. The van der Waals surface area contributed by atoms with E-state index in [-0.39, 0.29) is 12.2 Å². The second-order valence-corrected chi connectivity index (χ2v) is 4.70. The zero-order valence-electron chi connectivity index (χ0n) is 10.7. The third kappa shape index (κ3) is 4.39. The molecule has 1 heterocycles. The molecule has 94 valence electrons. The summed E-state index contributed by atoms with van der Waals surface area (Å²) < 4.78 is 5.41. The minimum atomic E-state index is -0.220. The number of unbranched alkanes of at least 4 members (excludes halogenated alkanes) is 1. The first-order chi connectivity index (χ1) is 7.63. The van der Waals surface area contributed by atoms with Crippen LogP contribution >= 0.6 is 0 Å². The predicted molar refractivity (Wildman–Crippen MR) is 64.5 cm³/mol. The van der Waals surface area contributed by atoms with Gasteiger partial charge in [-0.1, -0.05) is 13.3 Å². The third-order valence-electron chi connectivity index (χ3n) is 2.92. The Morgan fingerprint density at radius 2 is 2.25 bits per heavy atom. The van der Waals surface area contributed by atoms with Crippen molar-refractivity contribution in [2.45, 2.75) is 38.7 Å². The fourth-order valence-electron chi connectivity index (χ4n) is 1.94. The van der Waals surface area contributed by atoms with E-state index in [0.717, 1.165) is 32.5 Å². The summed E-state index contributed by atoms with van der Waals surface area (Å²) in [5.74, 6) is 0. The van der Waals surface area contributed by atoms with Crippen LogP contribution in [0.1, 0.15) is 32.6 Å². The van der Waals surface area contributed by atoms with Crippen molar-refractivity contribution < 1.29 is 9.53 Å². The topological polar surface area (TPSA) is 32.8 Å². The lowest BCUT2D eigenvalue weighted by molar-refractivity contribution is 0.0284. The van der Waals surface area contributed by atoms with Crippen molar-refractivity contribution in [2.75, 3.05) is 33.7 Å². The largest absolute Gasteiger partial charge is 0.445 e. The van der Waals surface area contributed by atoms with Gasteiger partial charge < -0.3 is 9.64 Å². The van der Waals surface area contributed by atoms with Gasteiger partial charge in [0.2, 0.25) is 0 Å². The summed E-state index contributed by atoms with van der Waals surface area (Å²) in [6, 6.07) is 0. The molecule has 0 aliphatic carbocycles. The van der Waals surface area contributed by atoms with Gasteiger partial charge in [-0.2, -0.15) is 0 Å². The quantitative estimate of drug-likeness (QED) is 0.737. The van der Waals surface area contributed by atoms with Gasteiger partial charge in [-0.05, 0) is 32.4 Å². The predicted octanol–water partition coefficient (Wildman–Crippen LogP) is 1.95. The lowest BCUT2D eigenvalue weighted by Crippen LogP contribution is -2.42. The van der Waals surface area contributed by atoms with Gasteiger partial charge in [0.15, 0.2) is 0 Å². The SMILES string of the molecule is CCCCN1CCC[C@@H](OC(=O)N(C)C)C1. The first-order valence-electron chi connectivity index (χ1n) is 6.23. The molecule has 4 nitrogen and oxygen atoms in total. The summed E-state index contributed by atoms with van der Waals surface area (Å²) in [6.45, 7) is 5.38. The molecule has 0 unspecified atom stereocenters. The van der Waals surface area contributed by atoms with Crippen molar-refractivity contribution in [3.8, 4) is 0 Å². The maximum Gasteiger partial charge on any atom is 0.409 e. The van der Waals surface area contributed by atoms with Gasteiger partial charge in [0, 0.05) is 20.6 Å². The number of amides is 1. The highest BCUT2D eigenvalue weighted by molar-refractivity contribution is 5.66. The van der Waals surface area contributed by atoms with E-state index in [2.05, 4.69) is 11.8 Å².